The Balaban J connectivity index is 1.54. The summed E-state index contributed by atoms with van der Waals surface area (Å²) in [6.45, 7) is 7.30. The Morgan fingerprint density at radius 2 is 1.96 bits per heavy atom. The molecule has 0 saturated heterocycles. The van der Waals surface area contributed by atoms with Gasteiger partial charge in [0.2, 0.25) is 15.9 Å². The lowest BCUT2D eigenvalue weighted by Gasteiger charge is -2.25. The number of nitrogens with one attached hydrogen (secondary N) is 1. The van der Waals surface area contributed by atoms with E-state index in [4.69, 9.17) is 4.52 Å². The zero-order chi connectivity index (χ0) is 19.7. The maximum Gasteiger partial charge on any atom is 0.240 e. The molecule has 0 unspecified atom stereocenters. The molecule has 2 heterocycles. The Morgan fingerprint density at radius 1 is 1.26 bits per heavy atom. The highest BCUT2D eigenvalue weighted by atomic mass is 32.2. The van der Waals surface area contributed by atoms with Crippen LogP contribution in [0.25, 0.3) is 0 Å². The maximum atomic E-state index is 12.4. The average Bonchev–Trinajstić information content (AvgIpc) is 3.08. The van der Waals surface area contributed by atoms with E-state index in [1.807, 2.05) is 12.1 Å². The largest absolute Gasteiger partial charge is 0.361 e. The van der Waals surface area contributed by atoms with Crippen molar-refractivity contribution in [3.63, 3.8) is 0 Å². The number of carbonyl (C=O) groups excluding carboxylic acids is 1. The van der Waals surface area contributed by atoms with Gasteiger partial charge >= 0.3 is 0 Å². The Kier molecular flexibility index (Phi) is 5.39. The zero-order valence-electron chi connectivity index (χ0n) is 15.9. The minimum atomic E-state index is -3.63. The molecule has 1 aromatic carbocycles. The lowest BCUT2D eigenvalue weighted by molar-refractivity contribution is -0.132. The molecule has 1 aromatic heterocycles. The van der Waals surface area contributed by atoms with Crippen molar-refractivity contribution < 1.29 is 17.7 Å². The summed E-state index contributed by atoms with van der Waals surface area (Å²) in [5.74, 6) is 0.728. The Morgan fingerprint density at radius 3 is 2.63 bits per heavy atom. The molecule has 27 heavy (non-hydrogen) atoms. The molecule has 7 nitrogen and oxygen atoms in total. The summed E-state index contributed by atoms with van der Waals surface area (Å²) in [5, 5.41) is 3.74. The van der Waals surface area contributed by atoms with Gasteiger partial charge in [0.15, 0.2) is 0 Å². The van der Waals surface area contributed by atoms with Crippen LogP contribution in [0.15, 0.2) is 39.9 Å². The van der Waals surface area contributed by atoms with Gasteiger partial charge in [-0.1, -0.05) is 38.1 Å². The van der Waals surface area contributed by atoms with Gasteiger partial charge < -0.3 is 9.42 Å². The van der Waals surface area contributed by atoms with Gasteiger partial charge in [-0.05, 0) is 23.1 Å². The van der Waals surface area contributed by atoms with Crippen LogP contribution in [0.2, 0.25) is 0 Å². The number of amides is 1. The third-order valence-corrected chi connectivity index (χ3v) is 6.19. The first-order valence-corrected chi connectivity index (χ1v) is 10.5. The predicted octanol–water partition coefficient (Wildman–Crippen LogP) is 2.23. The molecule has 3 rings (SSSR count). The number of nitrogens with zero attached hydrogens (tertiary/aromatic N) is 2. The normalized spacial score (nSPS) is 14.9. The summed E-state index contributed by atoms with van der Waals surface area (Å²) in [7, 11) is -3.63. The van der Waals surface area contributed by atoms with Crippen LogP contribution in [0.3, 0.4) is 0 Å². The number of hydrogen-bond donors (Lipinski definition) is 1. The van der Waals surface area contributed by atoms with Crippen LogP contribution in [-0.2, 0) is 33.2 Å². The fraction of sp³-hybridized carbons (Fsp3) is 0.474. The quantitative estimate of drug-likeness (QED) is 0.844. The molecule has 0 radical (unpaired) electrons. The molecule has 0 saturated carbocycles. The number of benzene rings is 1. The van der Waals surface area contributed by atoms with Gasteiger partial charge in [0.25, 0.3) is 0 Å². The summed E-state index contributed by atoms with van der Waals surface area (Å²) in [6, 6.07) is 6.85. The van der Waals surface area contributed by atoms with Crippen LogP contribution >= 0.6 is 0 Å². The summed E-state index contributed by atoms with van der Waals surface area (Å²) < 4.78 is 32.5. The molecular weight excluding hydrogens is 366 g/mol. The van der Waals surface area contributed by atoms with Crippen molar-refractivity contribution in [3.8, 4) is 0 Å². The molecule has 2 aromatic rings. The van der Waals surface area contributed by atoms with Crippen LogP contribution in [0.4, 0.5) is 0 Å². The molecule has 0 spiro atoms. The van der Waals surface area contributed by atoms with E-state index < -0.39 is 10.0 Å². The first kappa shape index (κ1) is 19.6. The van der Waals surface area contributed by atoms with Gasteiger partial charge in [0.1, 0.15) is 5.76 Å². The molecule has 0 atom stereocenters. The van der Waals surface area contributed by atoms with Gasteiger partial charge in [0.05, 0.1) is 17.6 Å². The van der Waals surface area contributed by atoms with E-state index in [1.54, 1.807) is 23.2 Å². The Bertz CT molecular complexity index is 911. The maximum absolute atomic E-state index is 12.4. The second kappa shape index (κ2) is 7.44. The lowest BCUT2D eigenvalue weighted by atomic mass is 9.87. The van der Waals surface area contributed by atoms with E-state index in [1.165, 1.54) is 0 Å². The van der Waals surface area contributed by atoms with E-state index in [-0.39, 0.29) is 29.2 Å². The minimum absolute atomic E-state index is 0.0407. The van der Waals surface area contributed by atoms with Crippen molar-refractivity contribution >= 4 is 15.9 Å². The van der Waals surface area contributed by atoms with E-state index in [0.717, 1.165) is 16.9 Å². The van der Waals surface area contributed by atoms with Crippen LogP contribution in [0.1, 0.15) is 44.1 Å². The molecule has 1 aliphatic rings. The van der Waals surface area contributed by atoms with Crippen molar-refractivity contribution in [1.29, 1.82) is 0 Å². The fourth-order valence-corrected chi connectivity index (χ4v) is 4.05. The third-order valence-electron chi connectivity index (χ3n) is 4.71. The van der Waals surface area contributed by atoms with Crippen molar-refractivity contribution in [1.82, 2.24) is 14.8 Å². The van der Waals surface area contributed by atoms with E-state index in [2.05, 4.69) is 30.6 Å². The predicted molar refractivity (Wildman–Crippen MR) is 101 cm³/mol. The van der Waals surface area contributed by atoms with Crippen LogP contribution in [0.5, 0.6) is 0 Å². The van der Waals surface area contributed by atoms with E-state index in [9.17, 15) is 13.2 Å². The zero-order valence-corrected chi connectivity index (χ0v) is 16.7. The van der Waals surface area contributed by atoms with Crippen LogP contribution < -0.4 is 4.72 Å². The number of hydrogen-bond acceptors (Lipinski definition) is 5. The van der Waals surface area contributed by atoms with Crippen molar-refractivity contribution in [2.75, 3.05) is 13.1 Å². The monoisotopic (exact) mass is 391 g/mol. The number of sulfonamides is 1. The van der Waals surface area contributed by atoms with Gasteiger partial charge in [0, 0.05) is 31.5 Å². The molecule has 1 amide bonds. The molecule has 0 bridgehead atoms. The Hall–Kier alpha value is -2.19. The fourth-order valence-electron chi connectivity index (χ4n) is 3.02. The summed E-state index contributed by atoms with van der Waals surface area (Å²) in [6.07, 6.45) is 2.37. The second-order valence-corrected chi connectivity index (χ2v) is 9.53. The Labute approximate surface area is 159 Å². The second-order valence-electron chi connectivity index (χ2n) is 7.76. The van der Waals surface area contributed by atoms with E-state index in [0.29, 0.717) is 19.5 Å². The molecule has 0 aliphatic carbocycles. The first-order valence-electron chi connectivity index (χ1n) is 8.97. The highest BCUT2D eigenvalue weighted by molar-refractivity contribution is 7.89. The SMILES string of the molecule is CC(C)(C)c1ccc(S(=O)(=O)NCCC(=O)N2CCc3oncc3C2)cc1. The average molecular weight is 391 g/mol. The van der Waals surface area contributed by atoms with Crippen molar-refractivity contribution in [2.24, 2.45) is 0 Å². The van der Waals surface area contributed by atoms with Crippen LogP contribution in [-0.4, -0.2) is 37.5 Å². The molecular formula is C19H25N3O4S. The van der Waals surface area contributed by atoms with Gasteiger partial charge in [-0.3, -0.25) is 4.79 Å². The highest BCUT2D eigenvalue weighted by Gasteiger charge is 2.24. The smallest absolute Gasteiger partial charge is 0.240 e. The van der Waals surface area contributed by atoms with E-state index >= 15 is 0 Å². The summed E-state index contributed by atoms with van der Waals surface area (Å²) >= 11 is 0. The summed E-state index contributed by atoms with van der Waals surface area (Å²) in [5.41, 5.74) is 1.94. The molecule has 8 heteroatoms. The van der Waals surface area contributed by atoms with Crippen molar-refractivity contribution in [2.45, 2.75) is 50.5 Å². The van der Waals surface area contributed by atoms with Crippen molar-refractivity contribution in [3.05, 3.63) is 47.3 Å². The molecule has 0 fully saturated rings. The standard InChI is InChI=1S/C19H25N3O4S/c1-19(2,3)15-4-6-16(7-5-15)27(24,25)21-10-8-18(23)22-11-9-17-14(13-22)12-20-26-17/h4-7,12,21H,8-11,13H2,1-3H3. The lowest BCUT2D eigenvalue weighted by Crippen LogP contribution is -2.37. The number of carbonyl (C=O) groups is 1. The molecule has 1 N–H and O–H groups in total. The summed E-state index contributed by atoms with van der Waals surface area (Å²) in [4.78, 5) is 14.3. The van der Waals surface area contributed by atoms with Crippen LogP contribution in [0, 0.1) is 0 Å². The topological polar surface area (TPSA) is 92.5 Å². The number of aromatic nitrogens is 1. The van der Waals surface area contributed by atoms with Gasteiger partial charge in [-0.15, -0.1) is 0 Å². The molecule has 146 valence electrons. The third kappa shape index (κ3) is 4.56. The van der Waals surface area contributed by atoms with Gasteiger partial charge in [-0.2, -0.15) is 0 Å². The minimum Gasteiger partial charge on any atom is -0.361 e. The highest BCUT2D eigenvalue weighted by Crippen LogP contribution is 2.23. The molecule has 1 aliphatic heterocycles. The number of fused-ring (bicyclic) bond motifs is 1. The van der Waals surface area contributed by atoms with Gasteiger partial charge in [-0.25, -0.2) is 13.1 Å². The first-order chi connectivity index (χ1) is 12.7. The number of rotatable bonds is 5.